The maximum atomic E-state index is 12.5. The van der Waals surface area contributed by atoms with Crippen LogP contribution in [0.3, 0.4) is 0 Å². The van der Waals surface area contributed by atoms with E-state index in [4.69, 9.17) is 11.6 Å². The van der Waals surface area contributed by atoms with E-state index in [1.165, 1.54) is 5.56 Å². The van der Waals surface area contributed by atoms with Crippen LogP contribution in [0.15, 0.2) is 48.5 Å². The predicted molar refractivity (Wildman–Crippen MR) is 85.8 cm³/mol. The average Bonchev–Trinajstić information content (AvgIpc) is 2.82. The summed E-state index contributed by atoms with van der Waals surface area (Å²) in [5, 5.41) is 3.63. The first kappa shape index (κ1) is 14.0. The molecule has 0 aliphatic carbocycles. The van der Waals surface area contributed by atoms with Crippen molar-refractivity contribution in [2.45, 2.75) is 25.9 Å². The Morgan fingerprint density at radius 2 is 1.95 bits per heavy atom. The first-order valence-electron chi connectivity index (χ1n) is 7.05. The lowest BCUT2D eigenvalue weighted by molar-refractivity contribution is 0.244. The molecule has 1 atom stereocenters. The van der Waals surface area contributed by atoms with E-state index in [1.54, 1.807) is 0 Å². The summed E-state index contributed by atoms with van der Waals surface area (Å²) in [6, 6.07) is 15.7. The van der Waals surface area contributed by atoms with Crippen molar-refractivity contribution in [2.75, 3.05) is 4.90 Å². The number of urea groups is 1. The molecule has 2 aromatic rings. The van der Waals surface area contributed by atoms with Crippen molar-refractivity contribution in [3.8, 4) is 0 Å². The third-order valence-electron chi connectivity index (χ3n) is 3.81. The molecular weight excluding hydrogens is 284 g/mol. The van der Waals surface area contributed by atoms with Gasteiger partial charge >= 0.3 is 6.03 Å². The minimum atomic E-state index is -0.0765. The summed E-state index contributed by atoms with van der Waals surface area (Å²) in [6.07, 6.45) is 0.898. The van der Waals surface area contributed by atoms with Crippen molar-refractivity contribution in [3.05, 3.63) is 64.7 Å². The van der Waals surface area contributed by atoms with Gasteiger partial charge in [-0.25, -0.2) is 4.79 Å². The van der Waals surface area contributed by atoms with Crippen LogP contribution in [0.4, 0.5) is 10.5 Å². The highest BCUT2D eigenvalue weighted by atomic mass is 35.5. The molecule has 108 valence electrons. The molecule has 0 aromatic heterocycles. The van der Waals surface area contributed by atoms with Crippen LogP contribution in [0.1, 0.15) is 18.1 Å². The van der Waals surface area contributed by atoms with Gasteiger partial charge in [-0.05, 0) is 36.6 Å². The van der Waals surface area contributed by atoms with E-state index in [2.05, 4.69) is 18.3 Å². The average molecular weight is 301 g/mol. The Kier molecular flexibility index (Phi) is 3.84. The Morgan fingerprint density at radius 1 is 1.24 bits per heavy atom. The molecule has 4 heteroatoms. The van der Waals surface area contributed by atoms with E-state index in [0.29, 0.717) is 11.6 Å². The number of rotatable bonds is 2. The predicted octanol–water partition coefficient (Wildman–Crippen LogP) is 4.00. The van der Waals surface area contributed by atoms with Gasteiger partial charge in [-0.15, -0.1) is 0 Å². The quantitative estimate of drug-likeness (QED) is 0.893. The third-order valence-corrected chi connectivity index (χ3v) is 4.18. The molecule has 1 N–H and O–H groups in total. The van der Waals surface area contributed by atoms with Crippen LogP contribution in [0, 0.1) is 0 Å². The number of nitrogens with zero attached hydrogens (tertiary/aromatic N) is 1. The number of amides is 2. The number of fused-ring (bicyclic) bond motifs is 1. The third kappa shape index (κ3) is 2.74. The fraction of sp³-hybridized carbons (Fsp3) is 0.235. The van der Waals surface area contributed by atoms with Crippen molar-refractivity contribution in [1.29, 1.82) is 0 Å². The number of para-hydroxylation sites is 1. The molecule has 2 amide bonds. The Hall–Kier alpha value is -2.00. The Morgan fingerprint density at radius 3 is 2.76 bits per heavy atom. The first-order valence-corrected chi connectivity index (χ1v) is 7.43. The number of anilines is 1. The Bertz CT molecular complexity index is 671. The SMILES string of the molecule is CC1Cc2ccccc2N1C(=O)NCc1ccccc1Cl. The minimum absolute atomic E-state index is 0.0765. The van der Waals surface area contributed by atoms with Crippen LogP contribution < -0.4 is 10.2 Å². The normalized spacial score (nSPS) is 16.7. The van der Waals surface area contributed by atoms with Gasteiger partial charge < -0.3 is 5.32 Å². The van der Waals surface area contributed by atoms with Gasteiger partial charge in [0.1, 0.15) is 0 Å². The number of halogens is 1. The Balaban J connectivity index is 1.73. The minimum Gasteiger partial charge on any atom is -0.334 e. The van der Waals surface area contributed by atoms with Gasteiger partial charge in [-0.2, -0.15) is 0 Å². The van der Waals surface area contributed by atoms with Crippen molar-refractivity contribution in [3.63, 3.8) is 0 Å². The zero-order chi connectivity index (χ0) is 14.8. The summed E-state index contributed by atoms with van der Waals surface area (Å²) in [5.41, 5.74) is 3.15. The molecule has 0 saturated carbocycles. The van der Waals surface area contributed by atoms with Crippen molar-refractivity contribution in [2.24, 2.45) is 0 Å². The van der Waals surface area contributed by atoms with E-state index in [-0.39, 0.29) is 12.1 Å². The summed E-state index contributed by atoms with van der Waals surface area (Å²) >= 11 is 6.11. The highest BCUT2D eigenvalue weighted by Gasteiger charge is 2.30. The highest BCUT2D eigenvalue weighted by molar-refractivity contribution is 6.31. The van der Waals surface area contributed by atoms with Gasteiger partial charge in [0.2, 0.25) is 0 Å². The molecule has 1 unspecified atom stereocenters. The van der Waals surface area contributed by atoms with E-state index in [1.807, 2.05) is 47.4 Å². The monoisotopic (exact) mass is 300 g/mol. The van der Waals surface area contributed by atoms with Gasteiger partial charge in [-0.3, -0.25) is 4.90 Å². The summed E-state index contributed by atoms with van der Waals surface area (Å²) in [6.45, 7) is 2.50. The zero-order valence-electron chi connectivity index (χ0n) is 11.8. The molecule has 0 radical (unpaired) electrons. The smallest absolute Gasteiger partial charge is 0.322 e. The molecular formula is C17H17ClN2O. The van der Waals surface area contributed by atoms with Crippen LogP contribution >= 0.6 is 11.6 Å². The lowest BCUT2D eigenvalue weighted by Gasteiger charge is -2.23. The summed E-state index contributed by atoms with van der Waals surface area (Å²) < 4.78 is 0. The fourth-order valence-corrected chi connectivity index (χ4v) is 2.98. The number of hydrogen-bond acceptors (Lipinski definition) is 1. The lowest BCUT2D eigenvalue weighted by atomic mass is 10.1. The van der Waals surface area contributed by atoms with E-state index in [0.717, 1.165) is 17.7 Å². The molecule has 21 heavy (non-hydrogen) atoms. The summed E-state index contributed by atoms with van der Waals surface area (Å²) in [7, 11) is 0. The maximum Gasteiger partial charge on any atom is 0.322 e. The van der Waals surface area contributed by atoms with Crippen molar-refractivity contribution >= 4 is 23.3 Å². The fourth-order valence-electron chi connectivity index (χ4n) is 2.77. The van der Waals surface area contributed by atoms with E-state index >= 15 is 0 Å². The molecule has 0 spiro atoms. The largest absolute Gasteiger partial charge is 0.334 e. The summed E-state index contributed by atoms with van der Waals surface area (Å²) in [5.74, 6) is 0. The van der Waals surface area contributed by atoms with Gasteiger partial charge in [0.15, 0.2) is 0 Å². The van der Waals surface area contributed by atoms with Crippen molar-refractivity contribution < 1.29 is 4.79 Å². The van der Waals surface area contributed by atoms with Crippen LogP contribution in [-0.2, 0) is 13.0 Å². The van der Waals surface area contributed by atoms with Crippen LogP contribution in [0.25, 0.3) is 0 Å². The first-order chi connectivity index (χ1) is 10.2. The van der Waals surface area contributed by atoms with Gasteiger partial charge in [0.05, 0.1) is 0 Å². The standard InChI is InChI=1S/C17H17ClN2O/c1-12-10-13-6-3-5-9-16(13)20(12)17(21)19-11-14-7-2-4-8-15(14)18/h2-9,12H,10-11H2,1H3,(H,19,21). The number of nitrogens with one attached hydrogen (secondary N) is 1. The van der Waals surface area contributed by atoms with E-state index < -0.39 is 0 Å². The topological polar surface area (TPSA) is 32.3 Å². The number of carbonyl (C=O) groups is 1. The number of carbonyl (C=O) groups excluding carboxylic acids is 1. The van der Waals surface area contributed by atoms with Crippen LogP contribution in [0.5, 0.6) is 0 Å². The molecule has 1 aliphatic rings. The maximum absolute atomic E-state index is 12.5. The molecule has 2 aromatic carbocycles. The molecule has 3 nitrogen and oxygen atoms in total. The van der Waals surface area contributed by atoms with Gasteiger partial charge in [0, 0.05) is 23.3 Å². The van der Waals surface area contributed by atoms with Gasteiger partial charge in [-0.1, -0.05) is 48.0 Å². The Labute approximate surface area is 129 Å². The van der Waals surface area contributed by atoms with E-state index in [9.17, 15) is 4.79 Å². The van der Waals surface area contributed by atoms with Crippen LogP contribution in [-0.4, -0.2) is 12.1 Å². The molecule has 1 heterocycles. The lowest BCUT2D eigenvalue weighted by Crippen LogP contribution is -2.43. The van der Waals surface area contributed by atoms with Crippen LogP contribution in [0.2, 0.25) is 5.02 Å². The second-order valence-corrected chi connectivity index (χ2v) is 5.71. The molecule has 1 aliphatic heterocycles. The molecule has 0 fully saturated rings. The number of hydrogen-bond donors (Lipinski definition) is 1. The van der Waals surface area contributed by atoms with Gasteiger partial charge in [0.25, 0.3) is 0 Å². The molecule has 0 bridgehead atoms. The number of benzene rings is 2. The zero-order valence-corrected chi connectivity index (χ0v) is 12.6. The molecule has 0 saturated heterocycles. The summed E-state index contributed by atoms with van der Waals surface area (Å²) in [4.78, 5) is 14.3. The highest BCUT2D eigenvalue weighted by Crippen LogP contribution is 2.31. The molecule has 3 rings (SSSR count). The second-order valence-electron chi connectivity index (χ2n) is 5.30. The second kappa shape index (κ2) is 5.78. The van der Waals surface area contributed by atoms with Crippen molar-refractivity contribution in [1.82, 2.24) is 5.32 Å².